The maximum atomic E-state index is 4.04. The number of fused-ring (bicyclic) bond motifs is 1. The Morgan fingerprint density at radius 1 is 1.73 bits per heavy atom. The Labute approximate surface area is 66.4 Å². The van der Waals surface area contributed by atoms with Gasteiger partial charge in [0.25, 0.3) is 0 Å². The number of hydrogen-bond donors (Lipinski definition) is 1. The molecule has 1 aliphatic rings. The largest absolute Gasteiger partial charge is 0.298 e. The third-order valence-electron chi connectivity index (χ3n) is 2.56. The number of rotatable bonds is 0. The van der Waals surface area contributed by atoms with E-state index in [2.05, 4.69) is 29.1 Å². The molecule has 11 heavy (non-hydrogen) atoms. The van der Waals surface area contributed by atoms with Crippen LogP contribution in [-0.4, -0.2) is 28.7 Å². The number of likely N-dealkylation sites (N-methyl/N-ethyl adjacent to an activating group) is 1. The van der Waals surface area contributed by atoms with Crippen LogP contribution in [0, 0.1) is 0 Å². The Bertz CT molecular complexity index is 254. The molecule has 1 aliphatic heterocycles. The van der Waals surface area contributed by atoms with Gasteiger partial charge in [0.2, 0.25) is 0 Å². The molecular formula is C8H13N3. The first-order valence-corrected chi connectivity index (χ1v) is 4.01. The van der Waals surface area contributed by atoms with Crippen LogP contribution in [0.3, 0.4) is 0 Å². The highest BCUT2D eigenvalue weighted by Crippen LogP contribution is 2.24. The predicted octanol–water partition coefficient (Wildman–Crippen LogP) is 0.959. The molecule has 1 aromatic rings. The maximum absolute atomic E-state index is 4.04. The van der Waals surface area contributed by atoms with Gasteiger partial charge in [-0.05, 0) is 26.0 Å². The Morgan fingerprint density at radius 3 is 3.36 bits per heavy atom. The first-order chi connectivity index (χ1) is 5.29. The average Bonchev–Trinajstić information content (AvgIpc) is 2.45. The van der Waals surface area contributed by atoms with E-state index in [1.807, 2.05) is 6.20 Å². The summed E-state index contributed by atoms with van der Waals surface area (Å²) in [6, 6.07) is 0.501. The van der Waals surface area contributed by atoms with Gasteiger partial charge >= 0.3 is 0 Å². The second kappa shape index (κ2) is 2.34. The predicted molar refractivity (Wildman–Crippen MR) is 43.3 cm³/mol. The molecule has 0 spiro atoms. The molecule has 0 aliphatic carbocycles. The molecule has 1 atom stereocenters. The zero-order valence-electron chi connectivity index (χ0n) is 6.96. The smallest absolute Gasteiger partial charge is 0.0553 e. The minimum atomic E-state index is 0.501. The van der Waals surface area contributed by atoms with E-state index in [1.54, 1.807) is 0 Å². The molecule has 3 nitrogen and oxygen atoms in total. The monoisotopic (exact) mass is 151 g/mol. The van der Waals surface area contributed by atoms with Crippen molar-refractivity contribution in [3.8, 4) is 0 Å². The van der Waals surface area contributed by atoms with Crippen molar-refractivity contribution in [2.75, 3.05) is 13.6 Å². The summed E-state index contributed by atoms with van der Waals surface area (Å²) in [6.07, 6.45) is 3.07. The summed E-state index contributed by atoms with van der Waals surface area (Å²) in [4.78, 5) is 2.33. The van der Waals surface area contributed by atoms with Crippen LogP contribution in [0.1, 0.15) is 24.2 Å². The summed E-state index contributed by atoms with van der Waals surface area (Å²) in [5.41, 5.74) is 2.68. The Morgan fingerprint density at radius 2 is 2.55 bits per heavy atom. The van der Waals surface area contributed by atoms with Gasteiger partial charge in [0.1, 0.15) is 0 Å². The molecule has 1 aromatic heterocycles. The first kappa shape index (κ1) is 6.85. The zero-order chi connectivity index (χ0) is 7.84. The average molecular weight is 151 g/mol. The number of H-pyrrole nitrogens is 1. The summed E-state index contributed by atoms with van der Waals surface area (Å²) in [5.74, 6) is 0. The Kier molecular flexibility index (Phi) is 1.46. The second-order valence-corrected chi connectivity index (χ2v) is 3.22. The third kappa shape index (κ3) is 0.959. The molecule has 3 heteroatoms. The lowest BCUT2D eigenvalue weighted by molar-refractivity contribution is 0.243. The molecule has 0 radical (unpaired) electrons. The summed E-state index contributed by atoms with van der Waals surface area (Å²) >= 11 is 0. The number of hydrogen-bond acceptors (Lipinski definition) is 2. The third-order valence-corrected chi connectivity index (χ3v) is 2.56. The number of nitrogens with zero attached hydrogens (tertiary/aromatic N) is 2. The highest BCUT2D eigenvalue weighted by Gasteiger charge is 2.21. The van der Waals surface area contributed by atoms with Crippen molar-refractivity contribution < 1.29 is 0 Å². The molecule has 0 saturated heterocycles. The van der Waals surface area contributed by atoms with Crippen LogP contribution in [0.25, 0.3) is 0 Å². The van der Waals surface area contributed by atoms with Crippen LogP contribution in [-0.2, 0) is 6.42 Å². The quantitative estimate of drug-likeness (QED) is 0.599. The van der Waals surface area contributed by atoms with Crippen LogP contribution in [0.15, 0.2) is 6.20 Å². The fourth-order valence-electron chi connectivity index (χ4n) is 1.59. The highest BCUT2D eigenvalue weighted by atomic mass is 15.2. The van der Waals surface area contributed by atoms with E-state index in [-0.39, 0.29) is 0 Å². The molecule has 0 fully saturated rings. The van der Waals surface area contributed by atoms with Crippen molar-refractivity contribution in [3.05, 3.63) is 17.5 Å². The lowest BCUT2D eigenvalue weighted by atomic mass is 10.0. The summed E-state index contributed by atoms with van der Waals surface area (Å²) in [6.45, 7) is 3.35. The van der Waals surface area contributed by atoms with E-state index < -0.39 is 0 Å². The van der Waals surface area contributed by atoms with Gasteiger partial charge in [0.05, 0.1) is 11.9 Å². The molecular weight excluding hydrogens is 138 g/mol. The summed E-state index contributed by atoms with van der Waals surface area (Å²) in [7, 11) is 2.15. The van der Waals surface area contributed by atoms with E-state index in [4.69, 9.17) is 0 Å². The number of aromatic nitrogens is 2. The molecule has 2 heterocycles. The van der Waals surface area contributed by atoms with Crippen LogP contribution < -0.4 is 0 Å². The fraction of sp³-hybridized carbons (Fsp3) is 0.625. The van der Waals surface area contributed by atoms with Crippen LogP contribution in [0.4, 0.5) is 0 Å². The number of aromatic amines is 1. The molecule has 0 saturated carbocycles. The van der Waals surface area contributed by atoms with Gasteiger partial charge in [-0.2, -0.15) is 5.10 Å². The van der Waals surface area contributed by atoms with E-state index in [1.165, 1.54) is 11.3 Å². The van der Waals surface area contributed by atoms with E-state index >= 15 is 0 Å². The standard InChI is InChI=1S/C8H13N3/c1-6-8-7(5-9-10-8)3-4-11(6)2/h5-6H,3-4H2,1-2H3,(H,9,10). The van der Waals surface area contributed by atoms with Gasteiger partial charge in [0.15, 0.2) is 0 Å². The Balaban J connectivity index is 2.38. The van der Waals surface area contributed by atoms with Crippen molar-refractivity contribution in [3.63, 3.8) is 0 Å². The van der Waals surface area contributed by atoms with E-state index in [0.717, 1.165) is 13.0 Å². The fourth-order valence-corrected chi connectivity index (χ4v) is 1.59. The molecule has 0 bridgehead atoms. The minimum absolute atomic E-state index is 0.501. The molecule has 0 amide bonds. The summed E-state index contributed by atoms with van der Waals surface area (Å²) in [5, 5.41) is 7.08. The molecule has 0 aromatic carbocycles. The topological polar surface area (TPSA) is 31.9 Å². The van der Waals surface area contributed by atoms with Crippen molar-refractivity contribution in [1.29, 1.82) is 0 Å². The van der Waals surface area contributed by atoms with Crippen molar-refractivity contribution >= 4 is 0 Å². The van der Waals surface area contributed by atoms with Crippen molar-refractivity contribution in [2.24, 2.45) is 0 Å². The van der Waals surface area contributed by atoms with E-state index in [0.29, 0.717) is 6.04 Å². The van der Waals surface area contributed by atoms with Crippen LogP contribution >= 0.6 is 0 Å². The highest BCUT2D eigenvalue weighted by molar-refractivity contribution is 5.22. The minimum Gasteiger partial charge on any atom is -0.298 e. The first-order valence-electron chi connectivity index (χ1n) is 4.01. The van der Waals surface area contributed by atoms with Gasteiger partial charge in [-0.1, -0.05) is 0 Å². The van der Waals surface area contributed by atoms with Crippen molar-refractivity contribution in [2.45, 2.75) is 19.4 Å². The molecule has 1 unspecified atom stereocenters. The lowest BCUT2D eigenvalue weighted by Crippen LogP contribution is -2.29. The SMILES string of the molecule is CC1c2[nH]ncc2CCN1C. The van der Waals surface area contributed by atoms with Gasteiger partial charge in [-0.15, -0.1) is 0 Å². The second-order valence-electron chi connectivity index (χ2n) is 3.22. The lowest BCUT2D eigenvalue weighted by Gasteiger charge is -2.28. The Hall–Kier alpha value is -0.830. The molecule has 2 rings (SSSR count). The summed E-state index contributed by atoms with van der Waals surface area (Å²) < 4.78 is 0. The molecule has 1 N–H and O–H groups in total. The van der Waals surface area contributed by atoms with Gasteiger partial charge in [-0.3, -0.25) is 10.00 Å². The van der Waals surface area contributed by atoms with E-state index in [9.17, 15) is 0 Å². The van der Waals surface area contributed by atoms with Gasteiger partial charge in [-0.25, -0.2) is 0 Å². The van der Waals surface area contributed by atoms with Crippen LogP contribution in [0.2, 0.25) is 0 Å². The van der Waals surface area contributed by atoms with Crippen molar-refractivity contribution in [1.82, 2.24) is 15.1 Å². The normalized spacial score (nSPS) is 25.1. The van der Waals surface area contributed by atoms with Gasteiger partial charge < -0.3 is 0 Å². The van der Waals surface area contributed by atoms with Gasteiger partial charge in [0, 0.05) is 12.6 Å². The molecule has 60 valence electrons. The maximum Gasteiger partial charge on any atom is 0.0553 e. The number of nitrogens with one attached hydrogen (secondary N) is 1. The zero-order valence-corrected chi connectivity index (χ0v) is 6.96. The van der Waals surface area contributed by atoms with Crippen LogP contribution in [0.5, 0.6) is 0 Å².